The van der Waals surface area contributed by atoms with E-state index in [1.54, 1.807) is 23.2 Å². The van der Waals surface area contributed by atoms with Crippen molar-refractivity contribution in [2.24, 2.45) is 22.6 Å². The van der Waals surface area contributed by atoms with Crippen LogP contribution in [0.5, 0.6) is 5.75 Å². The van der Waals surface area contributed by atoms with Crippen LogP contribution in [0.1, 0.15) is 52.0 Å². The number of piperidine rings is 1. The normalized spacial score (nSPS) is 31.9. The number of amides is 2. The molecule has 2 N–H and O–H groups in total. The van der Waals surface area contributed by atoms with Gasteiger partial charge in [-0.05, 0) is 88.3 Å². The Bertz CT molecular complexity index is 1190. The summed E-state index contributed by atoms with van der Waals surface area (Å²) in [7, 11) is 0. The average molecular weight is 525 g/mol. The fourth-order valence-electron chi connectivity index (χ4n) is 6.71. The molecule has 1 spiro atoms. The van der Waals surface area contributed by atoms with E-state index in [0.717, 1.165) is 17.7 Å². The molecule has 2 heterocycles. The van der Waals surface area contributed by atoms with Crippen LogP contribution < -0.4 is 15.4 Å². The summed E-state index contributed by atoms with van der Waals surface area (Å²) in [6, 6.07) is 13.5. The van der Waals surface area contributed by atoms with E-state index in [1.165, 1.54) is 12.1 Å². The number of carbonyl (C=O) groups excluding carboxylic acids is 1. The molecule has 3 aliphatic rings. The van der Waals surface area contributed by atoms with E-state index >= 15 is 0 Å². The fourth-order valence-corrected chi connectivity index (χ4v) is 6.71. The van der Waals surface area contributed by atoms with Gasteiger partial charge in [-0.2, -0.15) is 0 Å². The molecule has 6 nitrogen and oxygen atoms in total. The number of nitrogens with zero attached hydrogens (tertiary/aromatic N) is 3. The number of benzene rings is 2. The lowest BCUT2D eigenvalue weighted by molar-refractivity contribution is 0.0211. The maximum Gasteiger partial charge on any atom is 0.348 e. The molecule has 6 atom stereocenters. The third-order valence-electron chi connectivity index (χ3n) is 8.48. The molecule has 0 aromatic heterocycles. The summed E-state index contributed by atoms with van der Waals surface area (Å²) in [6.07, 6.45) is 3.12. The first-order chi connectivity index (χ1) is 18.2. The van der Waals surface area contributed by atoms with E-state index in [9.17, 15) is 13.6 Å². The van der Waals surface area contributed by atoms with Crippen molar-refractivity contribution in [3.05, 3.63) is 59.9 Å². The predicted molar refractivity (Wildman–Crippen MR) is 146 cm³/mol. The van der Waals surface area contributed by atoms with Crippen molar-refractivity contribution in [2.45, 2.75) is 82.9 Å². The van der Waals surface area contributed by atoms with Crippen molar-refractivity contribution in [3.63, 3.8) is 0 Å². The molecular weight excluding hydrogens is 486 g/mol. The molecule has 2 aromatic rings. The summed E-state index contributed by atoms with van der Waals surface area (Å²) in [4.78, 5) is 21.5. The van der Waals surface area contributed by atoms with Crippen molar-refractivity contribution >= 4 is 17.9 Å². The van der Waals surface area contributed by atoms with Gasteiger partial charge in [0.15, 0.2) is 0 Å². The quantitative estimate of drug-likeness (QED) is 0.523. The van der Waals surface area contributed by atoms with Crippen LogP contribution in [-0.2, 0) is 6.54 Å². The lowest BCUT2D eigenvalue weighted by Crippen LogP contribution is -2.65. The van der Waals surface area contributed by atoms with Crippen LogP contribution in [0.4, 0.5) is 19.3 Å². The van der Waals surface area contributed by atoms with Gasteiger partial charge in [-0.25, -0.2) is 18.6 Å². The monoisotopic (exact) mass is 524 g/mol. The highest BCUT2D eigenvalue weighted by Gasteiger charge is 2.56. The Morgan fingerprint density at radius 2 is 1.97 bits per heavy atom. The van der Waals surface area contributed by atoms with Crippen molar-refractivity contribution in [1.82, 2.24) is 4.90 Å². The molecule has 1 saturated carbocycles. The van der Waals surface area contributed by atoms with Gasteiger partial charge in [0.1, 0.15) is 17.7 Å². The second-order valence-corrected chi connectivity index (χ2v) is 11.5. The van der Waals surface area contributed by atoms with Crippen LogP contribution >= 0.6 is 0 Å². The molecule has 2 aromatic carbocycles. The lowest BCUT2D eigenvalue weighted by Gasteiger charge is -2.54. The standard InChI is InChI=1S/C30H38F2N4O2/c1-19(2)38-25-9-4-6-21(12-25)16-35-17-26(22-10-11-28(33)27(32)13-22)30(15-20(35)3)18-34-29(37)36(30)24-8-5-7-23(31)14-24/h4-9,12,14,18-20,22,26-28H,10-11,13,15-17,33H2,1-3H3/t20?,22?,26?,27-,28-,30?/m0/s1. The van der Waals surface area contributed by atoms with Crippen LogP contribution in [0.15, 0.2) is 53.5 Å². The second-order valence-electron chi connectivity index (χ2n) is 11.5. The Morgan fingerprint density at radius 1 is 1.18 bits per heavy atom. The lowest BCUT2D eigenvalue weighted by atomic mass is 9.64. The Balaban J connectivity index is 1.49. The van der Waals surface area contributed by atoms with Crippen LogP contribution in [0.25, 0.3) is 0 Å². The molecule has 2 aliphatic heterocycles. The maximum absolute atomic E-state index is 15.0. The van der Waals surface area contributed by atoms with Gasteiger partial charge in [0.2, 0.25) is 0 Å². The number of alkyl halides is 1. The third-order valence-corrected chi connectivity index (χ3v) is 8.48. The molecule has 1 saturated heterocycles. The highest BCUT2D eigenvalue weighted by Crippen LogP contribution is 2.48. The molecule has 5 rings (SSSR count). The zero-order chi connectivity index (χ0) is 27.0. The minimum absolute atomic E-state index is 0.0174. The van der Waals surface area contributed by atoms with E-state index in [0.29, 0.717) is 38.0 Å². The fraction of sp³-hybridized carbons (Fsp3) is 0.533. The van der Waals surface area contributed by atoms with Gasteiger partial charge >= 0.3 is 6.03 Å². The van der Waals surface area contributed by atoms with Crippen molar-refractivity contribution < 1.29 is 18.3 Å². The first kappa shape index (κ1) is 26.8. The molecule has 204 valence electrons. The SMILES string of the molecule is CC(C)Oc1cccc(CN2CC(C3CC[C@H](N)[C@@H](F)C3)C3(C=NC(=O)N3c3cccc(F)c3)CC2C)c1. The van der Waals surface area contributed by atoms with Crippen LogP contribution in [0, 0.1) is 17.7 Å². The Kier molecular flexibility index (Phi) is 7.56. The molecule has 8 heteroatoms. The zero-order valence-electron chi connectivity index (χ0n) is 22.4. The molecule has 0 bridgehead atoms. The molecule has 1 aliphatic carbocycles. The number of urea groups is 1. The summed E-state index contributed by atoms with van der Waals surface area (Å²) < 4.78 is 35.1. The number of nitrogens with two attached hydrogens (primary N) is 1. The summed E-state index contributed by atoms with van der Waals surface area (Å²) in [5.41, 5.74) is 6.91. The Hall–Kier alpha value is -2.84. The highest BCUT2D eigenvalue weighted by molar-refractivity contribution is 6.09. The van der Waals surface area contributed by atoms with Crippen LogP contribution in [0.3, 0.4) is 0 Å². The molecule has 2 amide bonds. The average Bonchev–Trinajstić information content (AvgIpc) is 3.18. The van der Waals surface area contributed by atoms with Gasteiger partial charge in [-0.15, -0.1) is 0 Å². The van der Waals surface area contributed by atoms with E-state index in [-0.39, 0.29) is 24.0 Å². The minimum atomic E-state index is -1.08. The predicted octanol–water partition coefficient (Wildman–Crippen LogP) is 5.74. The van der Waals surface area contributed by atoms with Crippen LogP contribution in [0.2, 0.25) is 0 Å². The Labute approximate surface area is 223 Å². The number of rotatable bonds is 6. The van der Waals surface area contributed by atoms with Gasteiger partial charge in [-0.3, -0.25) is 9.80 Å². The van der Waals surface area contributed by atoms with Gasteiger partial charge in [0.05, 0.1) is 11.6 Å². The number of halogens is 2. The number of hydrogen-bond acceptors (Lipinski definition) is 4. The second kappa shape index (κ2) is 10.7. The maximum atomic E-state index is 15.0. The topological polar surface area (TPSA) is 71.2 Å². The molecule has 38 heavy (non-hydrogen) atoms. The van der Waals surface area contributed by atoms with Crippen molar-refractivity contribution in [2.75, 3.05) is 11.4 Å². The van der Waals surface area contributed by atoms with Gasteiger partial charge < -0.3 is 10.5 Å². The Morgan fingerprint density at radius 3 is 2.71 bits per heavy atom. The first-order valence-electron chi connectivity index (χ1n) is 13.7. The summed E-state index contributed by atoms with van der Waals surface area (Å²) in [6.45, 7) is 7.54. The van der Waals surface area contributed by atoms with E-state index < -0.39 is 29.6 Å². The minimum Gasteiger partial charge on any atom is -0.491 e. The van der Waals surface area contributed by atoms with E-state index in [1.807, 2.05) is 26.0 Å². The number of anilines is 1. The largest absolute Gasteiger partial charge is 0.491 e. The molecule has 0 radical (unpaired) electrons. The molecule has 2 fully saturated rings. The van der Waals surface area contributed by atoms with E-state index in [4.69, 9.17) is 10.5 Å². The van der Waals surface area contributed by atoms with E-state index in [2.05, 4.69) is 28.9 Å². The van der Waals surface area contributed by atoms with Gasteiger partial charge in [-0.1, -0.05) is 18.2 Å². The summed E-state index contributed by atoms with van der Waals surface area (Å²) in [5, 5.41) is 0. The smallest absolute Gasteiger partial charge is 0.348 e. The van der Waals surface area contributed by atoms with Crippen molar-refractivity contribution in [1.29, 1.82) is 0 Å². The number of hydrogen-bond donors (Lipinski definition) is 1. The number of aliphatic imine (C=N–C) groups is 1. The van der Waals surface area contributed by atoms with Crippen molar-refractivity contribution in [3.8, 4) is 5.75 Å². The molecule has 4 unspecified atom stereocenters. The van der Waals surface area contributed by atoms with Gasteiger partial charge in [0.25, 0.3) is 0 Å². The number of likely N-dealkylation sites (tertiary alicyclic amines) is 1. The third kappa shape index (κ3) is 5.21. The molecular formula is C30H38F2N4O2. The zero-order valence-corrected chi connectivity index (χ0v) is 22.4. The number of carbonyl (C=O) groups is 1. The van der Waals surface area contributed by atoms with Gasteiger partial charge in [0, 0.05) is 43.0 Å². The van der Waals surface area contributed by atoms with Crippen LogP contribution in [-0.4, -0.2) is 53.6 Å². The highest BCUT2D eigenvalue weighted by atomic mass is 19.1. The number of ether oxygens (including phenoxy) is 1. The first-order valence-corrected chi connectivity index (χ1v) is 13.7. The summed E-state index contributed by atoms with van der Waals surface area (Å²) >= 11 is 0. The summed E-state index contributed by atoms with van der Waals surface area (Å²) in [5.74, 6) is 0.361.